The highest BCUT2D eigenvalue weighted by atomic mass is 19.1. The summed E-state index contributed by atoms with van der Waals surface area (Å²) in [4.78, 5) is 30.3. The van der Waals surface area contributed by atoms with Crippen LogP contribution < -0.4 is 4.90 Å². The van der Waals surface area contributed by atoms with E-state index in [9.17, 15) is 19.3 Å². The van der Waals surface area contributed by atoms with Crippen molar-refractivity contribution in [1.82, 2.24) is 9.88 Å². The minimum atomic E-state index is -0.528. The standard InChI is InChI=1S/C16H15FN4O3/c17-12-4-5-14(21(23)24)15(11-12)19-7-9-20(10-8-19)16(22)13-3-1-2-6-18-13/h1-6,11H,7-10H2. The molecule has 1 fully saturated rings. The molecule has 7 nitrogen and oxygen atoms in total. The molecule has 1 aromatic heterocycles. The number of carbonyl (C=O) groups excluding carboxylic acids is 1. The van der Waals surface area contributed by atoms with Gasteiger partial charge in [-0.2, -0.15) is 0 Å². The zero-order valence-corrected chi connectivity index (χ0v) is 12.8. The van der Waals surface area contributed by atoms with Gasteiger partial charge in [0.05, 0.1) is 4.92 Å². The minimum Gasteiger partial charge on any atom is -0.362 e. The molecule has 8 heteroatoms. The van der Waals surface area contributed by atoms with Crippen molar-refractivity contribution >= 4 is 17.3 Å². The second-order valence-electron chi connectivity index (χ2n) is 5.38. The average molecular weight is 330 g/mol. The van der Waals surface area contributed by atoms with Crippen molar-refractivity contribution in [3.8, 4) is 0 Å². The second-order valence-corrected chi connectivity index (χ2v) is 5.38. The molecule has 1 aliphatic rings. The number of rotatable bonds is 3. The van der Waals surface area contributed by atoms with Crippen molar-refractivity contribution < 1.29 is 14.1 Å². The van der Waals surface area contributed by atoms with E-state index in [0.717, 1.165) is 18.2 Å². The van der Waals surface area contributed by atoms with Crippen molar-refractivity contribution in [1.29, 1.82) is 0 Å². The first-order valence-electron chi connectivity index (χ1n) is 7.45. The Morgan fingerprint density at radius 2 is 1.92 bits per heavy atom. The van der Waals surface area contributed by atoms with E-state index in [2.05, 4.69) is 4.98 Å². The third-order valence-electron chi connectivity index (χ3n) is 3.93. The van der Waals surface area contributed by atoms with Gasteiger partial charge in [0, 0.05) is 44.5 Å². The summed E-state index contributed by atoms with van der Waals surface area (Å²) in [7, 11) is 0. The van der Waals surface area contributed by atoms with Gasteiger partial charge in [-0.05, 0) is 18.2 Å². The van der Waals surface area contributed by atoms with E-state index >= 15 is 0 Å². The van der Waals surface area contributed by atoms with Crippen LogP contribution in [-0.2, 0) is 0 Å². The third-order valence-corrected chi connectivity index (χ3v) is 3.93. The van der Waals surface area contributed by atoms with Crippen LogP contribution in [0.1, 0.15) is 10.5 Å². The van der Waals surface area contributed by atoms with E-state index in [0.29, 0.717) is 31.9 Å². The molecule has 1 saturated heterocycles. The summed E-state index contributed by atoms with van der Waals surface area (Å²) in [5.41, 5.74) is 0.466. The van der Waals surface area contributed by atoms with Crippen LogP contribution in [0.2, 0.25) is 0 Å². The summed E-state index contributed by atoms with van der Waals surface area (Å²) < 4.78 is 13.5. The van der Waals surface area contributed by atoms with Crippen LogP contribution in [0.3, 0.4) is 0 Å². The quantitative estimate of drug-likeness (QED) is 0.636. The first-order chi connectivity index (χ1) is 11.6. The van der Waals surface area contributed by atoms with Crippen molar-refractivity contribution in [3.05, 3.63) is 64.2 Å². The van der Waals surface area contributed by atoms with E-state index in [-0.39, 0.29) is 17.3 Å². The van der Waals surface area contributed by atoms with Crippen LogP contribution in [-0.4, -0.2) is 46.9 Å². The number of aromatic nitrogens is 1. The van der Waals surface area contributed by atoms with Crippen molar-refractivity contribution in [3.63, 3.8) is 0 Å². The van der Waals surface area contributed by atoms with E-state index < -0.39 is 10.7 Å². The highest BCUT2D eigenvalue weighted by molar-refractivity contribution is 5.92. The maximum absolute atomic E-state index is 13.5. The number of nitro groups is 1. The highest BCUT2D eigenvalue weighted by Crippen LogP contribution is 2.29. The summed E-state index contributed by atoms with van der Waals surface area (Å²) in [6.45, 7) is 1.57. The van der Waals surface area contributed by atoms with Crippen LogP contribution in [0.15, 0.2) is 42.6 Å². The molecular weight excluding hydrogens is 315 g/mol. The molecule has 0 spiro atoms. The molecule has 3 rings (SSSR count). The Bertz CT molecular complexity index is 761. The lowest BCUT2D eigenvalue weighted by Crippen LogP contribution is -2.49. The Balaban J connectivity index is 1.73. The molecule has 2 aromatic rings. The largest absolute Gasteiger partial charge is 0.362 e. The highest BCUT2D eigenvalue weighted by Gasteiger charge is 2.27. The van der Waals surface area contributed by atoms with Gasteiger partial charge in [-0.25, -0.2) is 4.39 Å². The van der Waals surface area contributed by atoms with Crippen molar-refractivity contribution in [2.75, 3.05) is 31.1 Å². The number of nitrogens with zero attached hydrogens (tertiary/aromatic N) is 4. The molecule has 0 bridgehead atoms. The van der Waals surface area contributed by atoms with E-state index in [1.807, 2.05) is 0 Å². The fourth-order valence-corrected chi connectivity index (χ4v) is 2.71. The smallest absolute Gasteiger partial charge is 0.292 e. The van der Waals surface area contributed by atoms with Gasteiger partial charge < -0.3 is 9.80 Å². The number of hydrogen-bond donors (Lipinski definition) is 0. The molecule has 124 valence electrons. The average Bonchev–Trinajstić information content (AvgIpc) is 2.61. The monoisotopic (exact) mass is 330 g/mol. The van der Waals surface area contributed by atoms with Gasteiger partial charge in [-0.15, -0.1) is 0 Å². The number of anilines is 1. The van der Waals surface area contributed by atoms with Crippen LogP contribution >= 0.6 is 0 Å². The summed E-state index contributed by atoms with van der Waals surface area (Å²) in [6.07, 6.45) is 1.56. The first-order valence-corrected chi connectivity index (χ1v) is 7.45. The molecule has 1 amide bonds. The van der Waals surface area contributed by atoms with Crippen LogP contribution in [0.25, 0.3) is 0 Å². The Morgan fingerprint density at radius 3 is 2.54 bits per heavy atom. The lowest BCUT2D eigenvalue weighted by Gasteiger charge is -2.35. The molecule has 0 saturated carbocycles. The zero-order valence-electron chi connectivity index (χ0n) is 12.8. The van der Waals surface area contributed by atoms with Gasteiger partial charge >= 0.3 is 0 Å². The van der Waals surface area contributed by atoms with Gasteiger partial charge in [0.15, 0.2) is 0 Å². The third kappa shape index (κ3) is 3.17. The number of pyridine rings is 1. The van der Waals surface area contributed by atoms with Crippen LogP contribution in [0.4, 0.5) is 15.8 Å². The predicted molar refractivity (Wildman–Crippen MR) is 85.4 cm³/mol. The first kappa shape index (κ1) is 15.9. The number of hydrogen-bond acceptors (Lipinski definition) is 5. The fraction of sp³-hybridized carbons (Fsp3) is 0.250. The molecule has 0 radical (unpaired) electrons. The van der Waals surface area contributed by atoms with Gasteiger partial charge in [-0.3, -0.25) is 19.9 Å². The summed E-state index contributed by atoms with van der Waals surface area (Å²) in [5, 5.41) is 11.1. The van der Waals surface area contributed by atoms with E-state index in [1.54, 1.807) is 34.2 Å². The predicted octanol–water partition coefficient (Wildman–Crippen LogP) is 2.09. The molecule has 2 heterocycles. The van der Waals surface area contributed by atoms with Crippen LogP contribution in [0.5, 0.6) is 0 Å². The molecule has 0 unspecified atom stereocenters. The minimum absolute atomic E-state index is 0.138. The summed E-state index contributed by atoms with van der Waals surface area (Å²) in [5.74, 6) is -0.702. The van der Waals surface area contributed by atoms with Gasteiger partial charge in [0.2, 0.25) is 0 Å². The van der Waals surface area contributed by atoms with Gasteiger partial charge in [0.1, 0.15) is 17.2 Å². The van der Waals surface area contributed by atoms with E-state index in [1.165, 1.54) is 0 Å². The molecule has 0 N–H and O–H groups in total. The zero-order chi connectivity index (χ0) is 17.1. The summed E-state index contributed by atoms with van der Waals surface area (Å²) >= 11 is 0. The van der Waals surface area contributed by atoms with Gasteiger partial charge in [0.25, 0.3) is 11.6 Å². The SMILES string of the molecule is O=C(c1ccccn1)N1CCN(c2cc(F)ccc2[N+](=O)[O-])CC1. The van der Waals surface area contributed by atoms with Gasteiger partial charge in [-0.1, -0.05) is 6.07 Å². The number of carbonyl (C=O) groups is 1. The Labute approximate surface area is 137 Å². The number of nitro benzene ring substituents is 1. The molecule has 1 aromatic carbocycles. The number of halogens is 1. The molecule has 24 heavy (non-hydrogen) atoms. The number of benzene rings is 1. The lowest BCUT2D eigenvalue weighted by atomic mass is 10.2. The summed E-state index contributed by atoms with van der Waals surface area (Å²) in [6, 6.07) is 8.52. The normalized spacial score (nSPS) is 14.5. The molecular formula is C16H15FN4O3. The van der Waals surface area contributed by atoms with Crippen molar-refractivity contribution in [2.24, 2.45) is 0 Å². The maximum Gasteiger partial charge on any atom is 0.292 e. The van der Waals surface area contributed by atoms with Crippen LogP contribution in [0, 0.1) is 15.9 Å². The Morgan fingerprint density at radius 1 is 1.17 bits per heavy atom. The Hall–Kier alpha value is -3.03. The number of amides is 1. The molecule has 1 aliphatic heterocycles. The maximum atomic E-state index is 13.5. The Kier molecular flexibility index (Phi) is 4.37. The number of piperazine rings is 1. The van der Waals surface area contributed by atoms with E-state index in [4.69, 9.17) is 0 Å². The second kappa shape index (κ2) is 6.61. The van der Waals surface area contributed by atoms with Crippen molar-refractivity contribution in [2.45, 2.75) is 0 Å². The molecule has 0 atom stereocenters. The molecule has 0 aliphatic carbocycles. The topological polar surface area (TPSA) is 79.6 Å². The lowest BCUT2D eigenvalue weighted by molar-refractivity contribution is -0.384. The fourth-order valence-electron chi connectivity index (χ4n) is 2.71.